The van der Waals surface area contributed by atoms with Crippen LogP contribution in [-0.4, -0.2) is 61.7 Å². The molecule has 7 heteroatoms. The van der Waals surface area contributed by atoms with Gasteiger partial charge in [0, 0.05) is 20.0 Å². The van der Waals surface area contributed by atoms with Gasteiger partial charge in [-0.05, 0) is 31.8 Å². The van der Waals surface area contributed by atoms with Gasteiger partial charge in [0.1, 0.15) is 5.37 Å². The van der Waals surface area contributed by atoms with E-state index in [1.54, 1.807) is 17.8 Å². The minimum Gasteiger partial charge on any atom is -0.493 e. The van der Waals surface area contributed by atoms with Crippen molar-refractivity contribution in [2.45, 2.75) is 12.3 Å². The number of carbonyl (C=O) groups excluding carboxylic acids is 2. The first kappa shape index (κ1) is 17.6. The summed E-state index contributed by atoms with van der Waals surface area (Å²) < 4.78 is 10.4. The third-order valence-electron chi connectivity index (χ3n) is 3.48. The van der Waals surface area contributed by atoms with Crippen molar-refractivity contribution in [3.63, 3.8) is 0 Å². The Bertz CT molecular complexity index is 591. The van der Waals surface area contributed by atoms with Crippen LogP contribution in [0.3, 0.4) is 0 Å². The number of nitrogens with zero attached hydrogens (tertiary/aromatic N) is 2. The highest BCUT2D eigenvalue weighted by atomic mass is 32.2. The van der Waals surface area contributed by atoms with Crippen LogP contribution in [0.2, 0.25) is 0 Å². The van der Waals surface area contributed by atoms with Crippen molar-refractivity contribution in [3.8, 4) is 11.5 Å². The average Bonchev–Trinajstić information content (AvgIpc) is 2.86. The number of likely N-dealkylation sites (N-methyl/N-ethyl adjacent to an activating group) is 1. The molecule has 2 rings (SSSR count). The standard InChI is InChI=1S/C16H22N2O4S/c1-11(19)22-13-6-5-12(9-14(13)21-4)16-18(8-7-17(2)3)15(20)10-23-16/h5-6,9,16H,7-8,10H2,1-4H3. The maximum Gasteiger partial charge on any atom is 0.308 e. The summed E-state index contributed by atoms with van der Waals surface area (Å²) in [5.74, 6) is 1.11. The number of carbonyl (C=O) groups is 2. The normalized spacial score (nSPS) is 17.7. The minimum atomic E-state index is -0.394. The molecule has 1 aliphatic heterocycles. The van der Waals surface area contributed by atoms with Crippen LogP contribution in [0.1, 0.15) is 17.9 Å². The molecule has 23 heavy (non-hydrogen) atoms. The van der Waals surface area contributed by atoms with Crippen LogP contribution in [0.25, 0.3) is 0 Å². The lowest BCUT2D eigenvalue weighted by molar-refractivity contribution is -0.132. The van der Waals surface area contributed by atoms with E-state index in [0.29, 0.717) is 23.8 Å². The third kappa shape index (κ3) is 4.39. The van der Waals surface area contributed by atoms with Crippen LogP contribution in [0.5, 0.6) is 11.5 Å². The minimum absolute atomic E-state index is 0.0391. The van der Waals surface area contributed by atoms with Gasteiger partial charge < -0.3 is 19.3 Å². The van der Waals surface area contributed by atoms with Crippen LogP contribution >= 0.6 is 11.8 Å². The fraction of sp³-hybridized carbons (Fsp3) is 0.500. The summed E-state index contributed by atoms with van der Waals surface area (Å²) in [4.78, 5) is 27.2. The Morgan fingerprint density at radius 3 is 2.74 bits per heavy atom. The zero-order valence-electron chi connectivity index (χ0n) is 13.9. The van der Waals surface area contributed by atoms with E-state index in [2.05, 4.69) is 4.90 Å². The van der Waals surface area contributed by atoms with Gasteiger partial charge >= 0.3 is 5.97 Å². The summed E-state index contributed by atoms with van der Waals surface area (Å²) in [6.07, 6.45) is 0. The molecule has 0 N–H and O–H groups in total. The van der Waals surface area contributed by atoms with E-state index in [4.69, 9.17) is 9.47 Å². The van der Waals surface area contributed by atoms with Gasteiger partial charge in [-0.1, -0.05) is 6.07 Å². The predicted octanol–water partition coefficient (Wildman–Crippen LogP) is 1.76. The van der Waals surface area contributed by atoms with Gasteiger partial charge in [0.25, 0.3) is 0 Å². The lowest BCUT2D eigenvalue weighted by Gasteiger charge is -2.26. The summed E-state index contributed by atoms with van der Waals surface area (Å²) in [7, 11) is 5.50. The second kappa shape index (κ2) is 7.70. The molecule has 1 aromatic carbocycles. The summed E-state index contributed by atoms with van der Waals surface area (Å²) in [6, 6.07) is 5.42. The number of ether oxygens (including phenoxy) is 2. The quantitative estimate of drug-likeness (QED) is 0.582. The molecule has 1 amide bonds. The molecule has 0 radical (unpaired) electrons. The van der Waals surface area contributed by atoms with Gasteiger partial charge in [-0.25, -0.2) is 0 Å². The van der Waals surface area contributed by atoms with Crippen LogP contribution in [-0.2, 0) is 9.59 Å². The monoisotopic (exact) mass is 338 g/mol. The SMILES string of the molecule is COc1cc(C2SCC(=O)N2CCN(C)C)ccc1OC(C)=O. The molecule has 0 aromatic heterocycles. The van der Waals surface area contributed by atoms with Gasteiger partial charge in [-0.15, -0.1) is 11.8 Å². The Morgan fingerprint density at radius 2 is 2.13 bits per heavy atom. The van der Waals surface area contributed by atoms with E-state index in [1.165, 1.54) is 14.0 Å². The molecule has 0 aliphatic carbocycles. The molecule has 6 nitrogen and oxygen atoms in total. The smallest absolute Gasteiger partial charge is 0.308 e. The summed E-state index contributed by atoms with van der Waals surface area (Å²) in [5.41, 5.74) is 0.965. The third-order valence-corrected chi connectivity index (χ3v) is 4.74. The highest BCUT2D eigenvalue weighted by Crippen LogP contribution is 2.41. The summed E-state index contributed by atoms with van der Waals surface area (Å²) >= 11 is 1.60. The maximum atomic E-state index is 12.1. The molecule has 1 fully saturated rings. The first-order valence-corrected chi connectivity index (χ1v) is 8.39. The molecule has 1 aliphatic rings. The van der Waals surface area contributed by atoms with E-state index in [-0.39, 0.29) is 11.3 Å². The van der Waals surface area contributed by atoms with Crippen LogP contribution in [0.4, 0.5) is 0 Å². The van der Waals surface area contributed by atoms with Gasteiger partial charge in [0.2, 0.25) is 5.91 Å². The van der Waals surface area contributed by atoms with Crippen molar-refractivity contribution in [3.05, 3.63) is 23.8 Å². The second-order valence-corrected chi connectivity index (χ2v) is 6.63. The van der Waals surface area contributed by atoms with E-state index in [9.17, 15) is 9.59 Å². The molecule has 0 saturated carbocycles. The van der Waals surface area contributed by atoms with Crippen molar-refractivity contribution in [2.24, 2.45) is 0 Å². The number of esters is 1. The zero-order valence-corrected chi connectivity index (χ0v) is 14.7. The molecule has 1 aromatic rings. The average molecular weight is 338 g/mol. The molecule has 0 bridgehead atoms. The Hall–Kier alpha value is -1.73. The lowest BCUT2D eigenvalue weighted by atomic mass is 10.1. The Morgan fingerprint density at radius 1 is 1.39 bits per heavy atom. The molecule has 1 saturated heterocycles. The Balaban J connectivity index is 2.22. The molecular weight excluding hydrogens is 316 g/mol. The highest BCUT2D eigenvalue weighted by molar-refractivity contribution is 8.00. The number of hydrogen-bond acceptors (Lipinski definition) is 6. The molecular formula is C16H22N2O4S. The van der Waals surface area contributed by atoms with Crippen molar-refractivity contribution in [1.29, 1.82) is 0 Å². The fourth-order valence-electron chi connectivity index (χ4n) is 2.36. The Kier molecular flexibility index (Phi) is 5.90. The second-order valence-electron chi connectivity index (χ2n) is 5.56. The number of amides is 1. The zero-order chi connectivity index (χ0) is 17.0. The van der Waals surface area contributed by atoms with E-state index in [0.717, 1.165) is 12.1 Å². The molecule has 126 valence electrons. The lowest BCUT2D eigenvalue weighted by Crippen LogP contribution is -2.34. The first-order chi connectivity index (χ1) is 10.9. The van der Waals surface area contributed by atoms with E-state index in [1.807, 2.05) is 31.1 Å². The largest absolute Gasteiger partial charge is 0.493 e. The van der Waals surface area contributed by atoms with Gasteiger partial charge in [0.05, 0.1) is 12.9 Å². The number of rotatable bonds is 6. The number of thioether (sulfide) groups is 1. The Labute approximate surface area is 140 Å². The van der Waals surface area contributed by atoms with Crippen LogP contribution in [0.15, 0.2) is 18.2 Å². The summed E-state index contributed by atoms with van der Waals surface area (Å²) in [6.45, 7) is 2.84. The van der Waals surface area contributed by atoms with Crippen LogP contribution in [0, 0.1) is 0 Å². The molecule has 1 unspecified atom stereocenters. The van der Waals surface area contributed by atoms with E-state index < -0.39 is 5.97 Å². The number of benzene rings is 1. The number of methoxy groups -OCH3 is 1. The van der Waals surface area contributed by atoms with Crippen molar-refractivity contribution in [1.82, 2.24) is 9.80 Å². The number of hydrogen-bond donors (Lipinski definition) is 0. The molecule has 1 atom stereocenters. The predicted molar refractivity (Wildman–Crippen MR) is 89.8 cm³/mol. The van der Waals surface area contributed by atoms with E-state index >= 15 is 0 Å². The fourth-order valence-corrected chi connectivity index (χ4v) is 3.56. The van der Waals surface area contributed by atoms with Crippen molar-refractivity contribution < 1.29 is 19.1 Å². The molecule has 1 heterocycles. The maximum absolute atomic E-state index is 12.1. The van der Waals surface area contributed by atoms with Gasteiger partial charge in [0.15, 0.2) is 11.5 Å². The molecule has 0 spiro atoms. The first-order valence-electron chi connectivity index (χ1n) is 7.34. The summed E-state index contributed by atoms with van der Waals surface area (Å²) in [5, 5.41) is -0.0391. The van der Waals surface area contributed by atoms with Crippen molar-refractivity contribution >= 4 is 23.6 Å². The van der Waals surface area contributed by atoms with Crippen LogP contribution < -0.4 is 9.47 Å². The topological polar surface area (TPSA) is 59.1 Å². The highest BCUT2D eigenvalue weighted by Gasteiger charge is 2.33. The van der Waals surface area contributed by atoms with Gasteiger partial charge in [-0.2, -0.15) is 0 Å². The van der Waals surface area contributed by atoms with Gasteiger partial charge in [-0.3, -0.25) is 9.59 Å². The van der Waals surface area contributed by atoms with Crippen molar-refractivity contribution in [2.75, 3.05) is 40.0 Å².